The third kappa shape index (κ3) is 4.59. The minimum absolute atomic E-state index is 0.0732. The van der Waals surface area contributed by atoms with Gasteiger partial charge in [-0.3, -0.25) is 14.9 Å². The Balaban J connectivity index is 1.62. The topological polar surface area (TPSA) is 128 Å². The van der Waals surface area contributed by atoms with Gasteiger partial charge in [-0.15, -0.1) is 0 Å². The number of nitrogens with one attached hydrogen (secondary N) is 1. The largest absolute Gasteiger partial charge is 0.373 e. The van der Waals surface area contributed by atoms with E-state index in [2.05, 4.69) is 15.3 Å². The van der Waals surface area contributed by atoms with Gasteiger partial charge in [-0.2, -0.15) is 5.26 Å². The van der Waals surface area contributed by atoms with E-state index in [9.17, 15) is 20.2 Å². The fourth-order valence-corrected chi connectivity index (χ4v) is 2.72. The second kappa shape index (κ2) is 8.59. The molecule has 1 saturated heterocycles. The summed E-state index contributed by atoms with van der Waals surface area (Å²) >= 11 is 0. The molecule has 0 atom stereocenters. The Bertz CT molecular complexity index is 932. The fraction of sp³-hybridized carbons (Fsp3) is 0.222. The van der Waals surface area contributed by atoms with Crippen molar-refractivity contribution in [2.75, 3.05) is 36.4 Å². The molecule has 3 rings (SSSR count). The molecule has 1 aromatic heterocycles. The van der Waals surface area contributed by atoms with Gasteiger partial charge < -0.3 is 15.1 Å². The molecule has 1 N–H and O–H groups in total. The van der Waals surface area contributed by atoms with Crippen LogP contribution in [0.3, 0.4) is 0 Å². The standard InChI is InChI=1S/C18H17N7O3/c19-12-14(17(26)22-15-3-1-4-16(11-15)25(27)28)13-23-7-9-24(10-8-23)18-20-5-2-6-21-18/h1-6,11,13H,7-10H2,(H,22,26)/b14-13-. The Morgan fingerprint density at radius 1 is 1.21 bits per heavy atom. The third-order valence-electron chi connectivity index (χ3n) is 4.14. The number of anilines is 2. The van der Waals surface area contributed by atoms with Crippen LogP contribution in [0.25, 0.3) is 0 Å². The van der Waals surface area contributed by atoms with Crippen molar-refractivity contribution >= 4 is 23.2 Å². The number of nitrogens with zero attached hydrogens (tertiary/aromatic N) is 6. The molecule has 10 nitrogen and oxygen atoms in total. The quantitative estimate of drug-likeness (QED) is 0.359. The van der Waals surface area contributed by atoms with Gasteiger partial charge in [0, 0.05) is 62.6 Å². The van der Waals surface area contributed by atoms with Crippen molar-refractivity contribution in [3.8, 4) is 6.07 Å². The lowest BCUT2D eigenvalue weighted by Crippen LogP contribution is -2.45. The van der Waals surface area contributed by atoms with Crippen LogP contribution < -0.4 is 10.2 Å². The van der Waals surface area contributed by atoms with Crippen molar-refractivity contribution in [1.29, 1.82) is 5.26 Å². The smallest absolute Gasteiger partial charge is 0.271 e. The minimum Gasteiger partial charge on any atom is -0.373 e. The molecule has 142 valence electrons. The molecule has 0 aliphatic carbocycles. The Morgan fingerprint density at radius 3 is 2.57 bits per heavy atom. The van der Waals surface area contributed by atoms with Gasteiger partial charge in [-0.05, 0) is 12.1 Å². The number of benzene rings is 1. The third-order valence-corrected chi connectivity index (χ3v) is 4.14. The summed E-state index contributed by atoms with van der Waals surface area (Å²) in [6.45, 7) is 2.53. The number of carbonyl (C=O) groups excluding carboxylic acids is 1. The maximum absolute atomic E-state index is 12.4. The van der Waals surface area contributed by atoms with E-state index in [0.717, 1.165) is 0 Å². The van der Waals surface area contributed by atoms with Crippen molar-refractivity contribution in [3.05, 3.63) is 64.6 Å². The van der Waals surface area contributed by atoms with Gasteiger partial charge in [0.05, 0.1) is 4.92 Å². The Kier molecular flexibility index (Phi) is 5.76. The van der Waals surface area contributed by atoms with Crippen LogP contribution in [0, 0.1) is 21.4 Å². The van der Waals surface area contributed by atoms with E-state index in [1.165, 1.54) is 30.5 Å². The summed E-state index contributed by atoms with van der Waals surface area (Å²) in [5.41, 5.74) is 0.0434. The number of rotatable bonds is 5. The molecule has 1 amide bonds. The number of nitro groups is 1. The number of carbonyl (C=O) groups is 1. The average Bonchev–Trinajstić information content (AvgIpc) is 2.73. The molecule has 28 heavy (non-hydrogen) atoms. The van der Waals surface area contributed by atoms with E-state index in [1.807, 2.05) is 15.9 Å². The lowest BCUT2D eigenvalue weighted by Gasteiger charge is -2.34. The maximum atomic E-state index is 12.4. The highest BCUT2D eigenvalue weighted by molar-refractivity contribution is 6.06. The average molecular weight is 379 g/mol. The maximum Gasteiger partial charge on any atom is 0.271 e. The number of nitriles is 1. The molecule has 2 aromatic rings. The minimum atomic E-state index is -0.614. The summed E-state index contributed by atoms with van der Waals surface area (Å²) in [4.78, 5) is 35.0. The van der Waals surface area contributed by atoms with E-state index in [4.69, 9.17) is 0 Å². The van der Waals surface area contributed by atoms with Gasteiger partial charge >= 0.3 is 0 Å². The number of aromatic nitrogens is 2. The van der Waals surface area contributed by atoms with Crippen LogP contribution in [0.1, 0.15) is 0 Å². The fourth-order valence-electron chi connectivity index (χ4n) is 2.72. The number of hydrogen-bond donors (Lipinski definition) is 1. The van der Waals surface area contributed by atoms with E-state index in [-0.39, 0.29) is 16.9 Å². The van der Waals surface area contributed by atoms with Crippen molar-refractivity contribution in [2.24, 2.45) is 0 Å². The predicted octanol–water partition coefficient (Wildman–Crippen LogP) is 1.55. The molecule has 0 saturated carbocycles. The van der Waals surface area contributed by atoms with Crippen molar-refractivity contribution in [2.45, 2.75) is 0 Å². The lowest BCUT2D eigenvalue weighted by molar-refractivity contribution is -0.384. The first-order chi connectivity index (χ1) is 13.6. The molecular weight excluding hydrogens is 362 g/mol. The molecule has 0 spiro atoms. The molecule has 1 aromatic carbocycles. The molecule has 0 unspecified atom stereocenters. The number of non-ortho nitro benzene ring substituents is 1. The van der Waals surface area contributed by atoms with Crippen molar-refractivity contribution in [3.63, 3.8) is 0 Å². The van der Waals surface area contributed by atoms with Crippen LogP contribution in [0.5, 0.6) is 0 Å². The molecule has 1 fully saturated rings. The summed E-state index contributed by atoms with van der Waals surface area (Å²) in [5.74, 6) is 0.0341. The SMILES string of the molecule is N#C/C(=C/N1CCN(c2ncccn2)CC1)C(=O)Nc1cccc([N+](=O)[O-])c1. The van der Waals surface area contributed by atoms with E-state index in [1.54, 1.807) is 18.5 Å². The van der Waals surface area contributed by atoms with Crippen LogP contribution in [0.4, 0.5) is 17.3 Å². The summed E-state index contributed by atoms with van der Waals surface area (Å²) in [5, 5.41) is 22.7. The Labute approximate surface area is 160 Å². The lowest BCUT2D eigenvalue weighted by atomic mass is 10.2. The van der Waals surface area contributed by atoms with Crippen molar-refractivity contribution in [1.82, 2.24) is 14.9 Å². The predicted molar refractivity (Wildman–Crippen MR) is 101 cm³/mol. The highest BCUT2D eigenvalue weighted by Gasteiger charge is 2.19. The molecule has 0 radical (unpaired) electrons. The van der Waals surface area contributed by atoms with Crippen LogP contribution in [-0.4, -0.2) is 51.9 Å². The first-order valence-electron chi connectivity index (χ1n) is 8.50. The Hall–Kier alpha value is -4.00. The highest BCUT2D eigenvalue weighted by Crippen LogP contribution is 2.18. The first-order valence-corrected chi connectivity index (χ1v) is 8.50. The van der Waals surface area contributed by atoms with Gasteiger partial charge in [-0.25, -0.2) is 9.97 Å². The molecule has 1 aliphatic rings. The molecule has 10 heteroatoms. The van der Waals surface area contributed by atoms with Crippen LogP contribution >= 0.6 is 0 Å². The van der Waals surface area contributed by atoms with Gasteiger partial charge in [-0.1, -0.05) is 6.07 Å². The van der Waals surface area contributed by atoms with Crippen LogP contribution in [0.15, 0.2) is 54.5 Å². The molecular formula is C18H17N7O3. The number of hydrogen-bond acceptors (Lipinski definition) is 8. The number of nitro benzene ring substituents is 1. The van der Waals surface area contributed by atoms with Crippen molar-refractivity contribution < 1.29 is 9.72 Å². The van der Waals surface area contributed by atoms with Gasteiger partial charge in [0.2, 0.25) is 5.95 Å². The molecule has 1 aliphatic heterocycles. The summed E-state index contributed by atoms with van der Waals surface area (Å²) in [6, 6.07) is 9.20. The number of piperazine rings is 1. The van der Waals surface area contributed by atoms with Gasteiger partial charge in [0.25, 0.3) is 11.6 Å². The summed E-state index contributed by atoms with van der Waals surface area (Å²) in [6.07, 6.45) is 4.87. The van der Waals surface area contributed by atoms with Gasteiger partial charge in [0.15, 0.2) is 0 Å². The second-order valence-corrected chi connectivity index (χ2v) is 5.99. The van der Waals surface area contributed by atoms with E-state index >= 15 is 0 Å². The van der Waals surface area contributed by atoms with Crippen LogP contribution in [0.2, 0.25) is 0 Å². The monoisotopic (exact) mass is 379 g/mol. The van der Waals surface area contributed by atoms with E-state index in [0.29, 0.717) is 32.1 Å². The van der Waals surface area contributed by atoms with Gasteiger partial charge in [0.1, 0.15) is 11.6 Å². The van der Waals surface area contributed by atoms with E-state index < -0.39 is 10.8 Å². The first kappa shape index (κ1) is 18.8. The zero-order chi connectivity index (χ0) is 19.9. The summed E-state index contributed by atoms with van der Waals surface area (Å²) in [7, 11) is 0. The molecule has 0 bridgehead atoms. The second-order valence-electron chi connectivity index (χ2n) is 5.99. The Morgan fingerprint density at radius 2 is 1.93 bits per heavy atom. The highest BCUT2D eigenvalue weighted by atomic mass is 16.6. The van der Waals surface area contributed by atoms with Crippen LogP contribution in [-0.2, 0) is 4.79 Å². The number of amides is 1. The summed E-state index contributed by atoms with van der Waals surface area (Å²) < 4.78 is 0. The normalized spacial score (nSPS) is 14.3. The zero-order valence-corrected chi connectivity index (χ0v) is 14.9. The zero-order valence-electron chi connectivity index (χ0n) is 14.9. The molecule has 2 heterocycles.